The van der Waals surface area contributed by atoms with Crippen molar-refractivity contribution in [3.8, 4) is 5.75 Å². The molecule has 0 radical (unpaired) electrons. The molecule has 0 spiro atoms. The lowest BCUT2D eigenvalue weighted by Gasteiger charge is -2.05. The van der Waals surface area contributed by atoms with Crippen molar-refractivity contribution in [3.05, 3.63) is 40.4 Å². The van der Waals surface area contributed by atoms with E-state index >= 15 is 0 Å². The third kappa shape index (κ3) is 2.94. The number of nitrogens with zero attached hydrogens (tertiary/aromatic N) is 3. The van der Waals surface area contributed by atoms with Crippen LogP contribution in [0.4, 0.5) is 5.95 Å². The molecule has 3 aromatic rings. The fourth-order valence-corrected chi connectivity index (χ4v) is 2.91. The molecule has 0 aliphatic carbocycles. The van der Waals surface area contributed by atoms with Crippen molar-refractivity contribution in [2.45, 2.75) is 20.8 Å². The first-order chi connectivity index (χ1) is 10.5. The van der Waals surface area contributed by atoms with Gasteiger partial charge in [-0.3, -0.25) is 10.1 Å². The molecule has 0 bridgehead atoms. The van der Waals surface area contributed by atoms with Gasteiger partial charge in [0, 0.05) is 4.88 Å². The predicted molar refractivity (Wildman–Crippen MR) is 85.6 cm³/mol. The molecule has 0 saturated carbocycles. The molecular formula is C15H16N4O2S. The average Bonchev–Trinajstić information content (AvgIpc) is 2.97. The van der Waals surface area contributed by atoms with E-state index in [2.05, 4.69) is 15.4 Å². The highest BCUT2D eigenvalue weighted by Gasteiger charge is 2.12. The molecule has 1 aromatic carbocycles. The van der Waals surface area contributed by atoms with Crippen molar-refractivity contribution >= 4 is 28.2 Å². The second-order valence-corrected chi connectivity index (χ2v) is 6.21. The van der Waals surface area contributed by atoms with Crippen LogP contribution in [0.5, 0.6) is 5.75 Å². The van der Waals surface area contributed by atoms with E-state index in [9.17, 15) is 4.79 Å². The summed E-state index contributed by atoms with van der Waals surface area (Å²) in [5.41, 5.74) is 2.11. The Morgan fingerprint density at radius 1 is 1.36 bits per heavy atom. The number of carbonyl (C=O) groups is 1. The van der Waals surface area contributed by atoms with Gasteiger partial charge in [0.25, 0.3) is 11.9 Å². The molecule has 6 nitrogen and oxygen atoms in total. The zero-order valence-electron chi connectivity index (χ0n) is 12.6. The second kappa shape index (κ2) is 5.76. The molecule has 2 aromatic heterocycles. The summed E-state index contributed by atoms with van der Waals surface area (Å²) < 4.78 is 7.18. The number of benzene rings is 1. The lowest BCUT2D eigenvalue weighted by molar-refractivity contribution is -0.118. The summed E-state index contributed by atoms with van der Waals surface area (Å²) in [7, 11) is 0. The van der Waals surface area contributed by atoms with Gasteiger partial charge in [0.15, 0.2) is 6.61 Å². The van der Waals surface area contributed by atoms with Crippen LogP contribution >= 0.6 is 11.3 Å². The number of thiazole rings is 1. The fourth-order valence-electron chi connectivity index (χ4n) is 2.01. The van der Waals surface area contributed by atoms with Crippen LogP contribution in [0.3, 0.4) is 0 Å². The van der Waals surface area contributed by atoms with E-state index in [-0.39, 0.29) is 12.5 Å². The smallest absolute Gasteiger partial charge is 0.264 e. The third-order valence-corrected chi connectivity index (χ3v) is 4.31. The van der Waals surface area contributed by atoms with E-state index in [1.54, 1.807) is 15.9 Å². The molecule has 114 valence electrons. The van der Waals surface area contributed by atoms with E-state index in [0.29, 0.717) is 11.7 Å². The van der Waals surface area contributed by atoms with Crippen LogP contribution in [0.15, 0.2) is 24.3 Å². The Morgan fingerprint density at radius 2 is 2.18 bits per heavy atom. The van der Waals surface area contributed by atoms with Gasteiger partial charge in [0.05, 0.1) is 5.69 Å². The number of ether oxygens (including phenoxy) is 1. The number of hydrogen-bond acceptors (Lipinski definition) is 5. The molecule has 2 heterocycles. The monoisotopic (exact) mass is 316 g/mol. The maximum absolute atomic E-state index is 11.9. The first-order valence-electron chi connectivity index (χ1n) is 6.85. The molecule has 0 unspecified atom stereocenters. The molecule has 7 heteroatoms. The van der Waals surface area contributed by atoms with Crippen LogP contribution in [-0.4, -0.2) is 27.1 Å². The van der Waals surface area contributed by atoms with E-state index < -0.39 is 0 Å². The first-order valence-corrected chi connectivity index (χ1v) is 7.66. The van der Waals surface area contributed by atoms with Crippen LogP contribution in [0.2, 0.25) is 0 Å². The summed E-state index contributed by atoms with van der Waals surface area (Å²) in [6.45, 7) is 5.89. The standard InChI is InChI=1S/C15H16N4O2S/c1-9-5-4-6-12(7-9)21-8-13(20)16-14-17-15-19(18-14)10(2)11(3)22-15/h4-7H,8H2,1-3H3,(H,16,18,20). The van der Waals surface area contributed by atoms with Crippen molar-refractivity contribution in [1.82, 2.24) is 14.6 Å². The minimum atomic E-state index is -0.283. The van der Waals surface area contributed by atoms with Crippen LogP contribution in [-0.2, 0) is 4.79 Å². The molecule has 0 saturated heterocycles. The number of nitrogens with one attached hydrogen (secondary N) is 1. The topological polar surface area (TPSA) is 68.5 Å². The number of fused-ring (bicyclic) bond motifs is 1. The Bertz CT molecular complexity index is 837. The van der Waals surface area contributed by atoms with Crippen molar-refractivity contribution in [1.29, 1.82) is 0 Å². The number of aromatic nitrogens is 3. The Hall–Kier alpha value is -2.41. The number of aryl methyl sites for hydroxylation is 3. The maximum Gasteiger partial charge on any atom is 0.264 e. The van der Waals surface area contributed by atoms with E-state index in [0.717, 1.165) is 21.1 Å². The predicted octanol–water partition coefficient (Wildman–Crippen LogP) is 2.73. The molecule has 1 N–H and O–H groups in total. The average molecular weight is 316 g/mol. The van der Waals surface area contributed by atoms with E-state index in [1.165, 1.54) is 0 Å². The number of amides is 1. The lowest BCUT2D eigenvalue weighted by atomic mass is 10.2. The van der Waals surface area contributed by atoms with Crippen molar-refractivity contribution in [3.63, 3.8) is 0 Å². The molecule has 0 aliphatic heterocycles. The summed E-state index contributed by atoms with van der Waals surface area (Å²) in [4.78, 5) is 18.1. The second-order valence-electron chi connectivity index (χ2n) is 5.03. The Labute approximate surface area is 131 Å². The van der Waals surface area contributed by atoms with Crippen LogP contribution in [0.25, 0.3) is 4.96 Å². The quantitative estimate of drug-likeness (QED) is 0.803. The maximum atomic E-state index is 11.9. The number of rotatable bonds is 4. The summed E-state index contributed by atoms with van der Waals surface area (Å²) in [6, 6.07) is 7.55. The number of anilines is 1. The third-order valence-electron chi connectivity index (χ3n) is 3.26. The van der Waals surface area contributed by atoms with Gasteiger partial charge < -0.3 is 4.74 Å². The van der Waals surface area contributed by atoms with Gasteiger partial charge >= 0.3 is 0 Å². The largest absolute Gasteiger partial charge is 0.484 e. The molecular weight excluding hydrogens is 300 g/mol. The molecule has 0 aliphatic rings. The number of hydrogen-bond donors (Lipinski definition) is 1. The van der Waals surface area contributed by atoms with Gasteiger partial charge in [0.1, 0.15) is 5.75 Å². The van der Waals surface area contributed by atoms with Gasteiger partial charge in [0.2, 0.25) is 4.96 Å². The van der Waals surface area contributed by atoms with E-state index in [1.807, 2.05) is 45.0 Å². The summed E-state index contributed by atoms with van der Waals surface area (Å²) in [6.07, 6.45) is 0. The molecule has 3 rings (SSSR count). The van der Waals surface area contributed by atoms with Gasteiger partial charge in [-0.25, -0.2) is 4.52 Å². The molecule has 0 atom stereocenters. The van der Waals surface area contributed by atoms with Gasteiger partial charge in [-0.15, -0.1) is 5.10 Å². The molecule has 22 heavy (non-hydrogen) atoms. The highest BCUT2D eigenvalue weighted by molar-refractivity contribution is 7.17. The molecule has 1 amide bonds. The van der Waals surface area contributed by atoms with Crippen molar-refractivity contribution < 1.29 is 9.53 Å². The minimum Gasteiger partial charge on any atom is -0.484 e. The minimum absolute atomic E-state index is 0.0751. The summed E-state index contributed by atoms with van der Waals surface area (Å²) in [5.74, 6) is 0.682. The molecule has 0 fully saturated rings. The summed E-state index contributed by atoms with van der Waals surface area (Å²) in [5, 5.41) is 6.92. The summed E-state index contributed by atoms with van der Waals surface area (Å²) >= 11 is 1.55. The first kappa shape index (κ1) is 14.5. The van der Waals surface area contributed by atoms with Gasteiger partial charge in [-0.05, 0) is 38.5 Å². The van der Waals surface area contributed by atoms with Crippen LogP contribution < -0.4 is 10.1 Å². The highest BCUT2D eigenvalue weighted by atomic mass is 32.1. The zero-order valence-corrected chi connectivity index (χ0v) is 13.4. The van der Waals surface area contributed by atoms with Crippen LogP contribution in [0, 0.1) is 20.8 Å². The van der Waals surface area contributed by atoms with E-state index in [4.69, 9.17) is 4.74 Å². The number of carbonyl (C=O) groups excluding carboxylic acids is 1. The SMILES string of the molecule is Cc1cccc(OCC(=O)Nc2nc3sc(C)c(C)n3n2)c1. The van der Waals surface area contributed by atoms with Crippen molar-refractivity contribution in [2.24, 2.45) is 0 Å². The van der Waals surface area contributed by atoms with Gasteiger partial charge in [-0.2, -0.15) is 4.98 Å². The fraction of sp³-hybridized carbons (Fsp3) is 0.267. The lowest BCUT2D eigenvalue weighted by Crippen LogP contribution is -2.21. The Morgan fingerprint density at radius 3 is 2.91 bits per heavy atom. The Balaban J connectivity index is 1.63. The van der Waals surface area contributed by atoms with Crippen LogP contribution in [0.1, 0.15) is 16.1 Å². The highest BCUT2D eigenvalue weighted by Crippen LogP contribution is 2.21. The van der Waals surface area contributed by atoms with Gasteiger partial charge in [-0.1, -0.05) is 23.5 Å². The zero-order chi connectivity index (χ0) is 15.7. The normalized spacial score (nSPS) is 10.9. The Kier molecular flexibility index (Phi) is 3.81. The van der Waals surface area contributed by atoms with Crippen molar-refractivity contribution in [2.75, 3.05) is 11.9 Å².